The highest BCUT2D eigenvalue weighted by atomic mass is 79.9. The highest BCUT2D eigenvalue weighted by Gasteiger charge is 2.13. The second kappa shape index (κ2) is 4.13. The molecule has 0 saturated carbocycles. The average molecular weight is 253 g/mol. The van der Waals surface area contributed by atoms with Gasteiger partial charge in [-0.2, -0.15) is 0 Å². The quantitative estimate of drug-likeness (QED) is 0.553. The summed E-state index contributed by atoms with van der Waals surface area (Å²) < 4.78 is 37.9. The zero-order valence-corrected chi connectivity index (χ0v) is 8.54. The third-order valence-corrected chi connectivity index (χ3v) is 2.90. The first-order chi connectivity index (χ1) is 6.06. The Bertz CT molecular complexity index is 289. The van der Waals surface area contributed by atoms with Crippen LogP contribution in [-0.4, -0.2) is 0 Å². The van der Waals surface area contributed by atoms with E-state index in [1.807, 2.05) is 6.92 Å². The fourth-order valence-corrected chi connectivity index (χ4v) is 1.26. The molecule has 0 amide bonds. The summed E-state index contributed by atoms with van der Waals surface area (Å²) in [7, 11) is 0. The van der Waals surface area contributed by atoms with E-state index >= 15 is 0 Å². The zero-order chi connectivity index (χ0) is 10.0. The van der Waals surface area contributed by atoms with Gasteiger partial charge < -0.3 is 0 Å². The van der Waals surface area contributed by atoms with Gasteiger partial charge in [0.2, 0.25) is 0 Å². The highest BCUT2D eigenvalue weighted by molar-refractivity contribution is 9.09. The van der Waals surface area contributed by atoms with Crippen molar-refractivity contribution in [2.45, 2.75) is 18.2 Å². The maximum absolute atomic E-state index is 12.7. The van der Waals surface area contributed by atoms with Gasteiger partial charge in [-0.1, -0.05) is 22.9 Å². The van der Waals surface area contributed by atoms with Gasteiger partial charge in [0.1, 0.15) is 0 Å². The Balaban J connectivity index is 3.13. The van der Waals surface area contributed by atoms with Gasteiger partial charge in [0, 0.05) is 4.83 Å². The van der Waals surface area contributed by atoms with Crippen molar-refractivity contribution in [2.24, 2.45) is 0 Å². The van der Waals surface area contributed by atoms with Crippen LogP contribution in [0.4, 0.5) is 13.2 Å². The van der Waals surface area contributed by atoms with Gasteiger partial charge in [0.05, 0.1) is 0 Å². The molecule has 1 rings (SSSR count). The Kier molecular flexibility index (Phi) is 3.36. The molecule has 0 bridgehead atoms. The summed E-state index contributed by atoms with van der Waals surface area (Å²) in [5.74, 6) is -3.71. The van der Waals surface area contributed by atoms with Crippen molar-refractivity contribution < 1.29 is 13.2 Å². The fraction of sp³-hybridized carbons (Fsp3) is 0.333. The molecule has 0 radical (unpaired) electrons. The van der Waals surface area contributed by atoms with Crippen molar-refractivity contribution in [3.8, 4) is 0 Å². The van der Waals surface area contributed by atoms with Gasteiger partial charge in [0.25, 0.3) is 0 Å². The van der Waals surface area contributed by atoms with Crippen molar-refractivity contribution in [1.82, 2.24) is 0 Å². The van der Waals surface area contributed by atoms with Crippen LogP contribution in [0.5, 0.6) is 0 Å². The van der Waals surface area contributed by atoms with Crippen LogP contribution in [-0.2, 0) is 0 Å². The molecule has 0 spiro atoms. The van der Waals surface area contributed by atoms with E-state index in [2.05, 4.69) is 15.9 Å². The number of halogens is 4. The van der Waals surface area contributed by atoms with Gasteiger partial charge >= 0.3 is 0 Å². The Morgan fingerprint density at radius 1 is 1.23 bits per heavy atom. The van der Waals surface area contributed by atoms with Gasteiger partial charge in [0.15, 0.2) is 17.5 Å². The smallest absolute Gasteiger partial charge is 0.194 e. The van der Waals surface area contributed by atoms with Crippen LogP contribution in [0.2, 0.25) is 0 Å². The number of benzene rings is 1. The maximum atomic E-state index is 12.7. The molecule has 0 aliphatic rings. The van der Waals surface area contributed by atoms with Gasteiger partial charge in [-0.05, 0) is 24.1 Å². The first kappa shape index (κ1) is 10.6. The summed E-state index contributed by atoms with van der Waals surface area (Å²) in [6.07, 6.45) is 0.685. The standard InChI is InChI=1S/C9H8BrF3/c1-2-6(10)5-3-7(11)9(13)8(12)4-5/h3-4,6H,2H2,1H3. The number of hydrogen-bond donors (Lipinski definition) is 0. The van der Waals surface area contributed by atoms with E-state index in [-0.39, 0.29) is 4.83 Å². The SMILES string of the molecule is CCC(Br)c1cc(F)c(F)c(F)c1. The molecule has 1 unspecified atom stereocenters. The highest BCUT2D eigenvalue weighted by Crippen LogP contribution is 2.28. The minimum absolute atomic E-state index is 0.142. The molecule has 72 valence electrons. The van der Waals surface area contributed by atoms with Crippen LogP contribution < -0.4 is 0 Å². The van der Waals surface area contributed by atoms with Crippen LogP contribution in [0, 0.1) is 17.5 Å². The van der Waals surface area contributed by atoms with E-state index < -0.39 is 17.5 Å². The number of rotatable bonds is 2. The lowest BCUT2D eigenvalue weighted by Crippen LogP contribution is -1.96. The Morgan fingerprint density at radius 3 is 2.08 bits per heavy atom. The molecular formula is C9H8BrF3. The van der Waals surface area contributed by atoms with E-state index in [1.165, 1.54) is 0 Å². The molecule has 1 atom stereocenters. The molecular weight excluding hydrogens is 245 g/mol. The number of hydrogen-bond acceptors (Lipinski definition) is 0. The predicted octanol–water partition coefficient (Wildman–Crippen LogP) is 3.95. The molecule has 0 aliphatic heterocycles. The van der Waals surface area contributed by atoms with Gasteiger partial charge in [-0.3, -0.25) is 0 Å². The first-order valence-electron chi connectivity index (χ1n) is 3.84. The average Bonchev–Trinajstić information content (AvgIpc) is 2.12. The number of alkyl halides is 1. The third-order valence-electron chi connectivity index (χ3n) is 1.73. The van der Waals surface area contributed by atoms with Crippen LogP contribution in [0.3, 0.4) is 0 Å². The van der Waals surface area contributed by atoms with Crippen LogP contribution in [0.15, 0.2) is 12.1 Å². The maximum Gasteiger partial charge on any atom is 0.194 e. The van der Waals surface area contributed by atoms with Crippen LogP contribution in [0.25, 0.3) is 0 Å². The molecule has 1 aromatic carbocycles. The summed E-state index contributed by atoms with van der Waals surface area (Å²) in [5.41, 5.74) is 0.416. The Labute approximate surface area is 82.9 Å². The largest absolute Gasteiger partial charge is 0.204 e. The molecule has 0 N–H and O–H groups in total. The topological polar surface area (TPSA) is 0 Å². The summed E-state index contributed by atoms with van der Waals surface area (Å²) >= 11 is 3.22. The molecule has 0 nitrogen and oxygen atoms in total. The predicted molar refractivity (Wildman–Crippen MR) is 48.3 cm³/mol. The van der Waals surface area contributed by atoms with E-state index in [0.717, 1.165) is 12.1 Å². The minimum Gasteiger partial charge on any atom is -0.204 e. The first-order valence-corrected chi connectivity index (χ1v) is 4.76. The summed E-state index contributed by atoms with van der Waals surface area (Å²) in [4.78, 5) is -0.142. The zero-order valence-electron chi connectivity index (χ0n) is 6.95. The van der Waals surface area contributed by atoms with E-state index in [9.17, 15) is 13.2 Å². The van der Waals surface area contributed by atoms with Crippen molar-refractivity contribution >= 4 is 15.9 Å². The normalized spacial score (nSPS) is 13.0. The fourth-order valence-electron chi connectivity index (χ4n) is 0.992. The van der Waals surface area contributed by atoms with Crippen molar-refractivity contribution in [1.29, 1.82) is 0 Å². The minimum atomic E-state index is -1.42. The lowest BCUT2D eigenvalue weighted by molar-refractivity contribution is 0.445. The molecule has 0 heterocycles. The van der Waals surface area contributed by atoms with Gasteiger partial charge in [-0.15, -0.1) is 0 Å². The summed E-state index contributed by atoms with van der Waals surface area (Å²) in [6.45, 7) is 1.86. The van der Waals surface area contributed by atoms with Crippen LogP contribution >= 0.6 is 15.9 Å². The third kappa shape index (κ3) is 2.24. The second-order valence-electron chi connectivity index (χ2n) is 2.67. The van der Waals surface area contributed by atoms with Crippen molar-refractivity contribution in [3.63, 3.8) is 0 Å². The van der Waals surface area contributed by atoms with Gasteiger partial charge in [-0.25, -0.2) is 13.2 Å². The molecule has 0 aromatic heterocycles. The Hall–Kier alpha value is -0.510. The van der Waals surface area contributed by atoms with E-state index in [0.29, 0.717) is 12.0 Å². The molecule has 4 heteroatoms. The Morgan fingerprint density at radius 2 is 1.69 bits per heavy atom. The van der Waals surface area contributed by atoms with Crippen LogP contribution in [0.1, 0.15) is 23.7 Å². The molecule has 0 fully saturated rings. The molecule has 13 heavy (non-hydrogen) atoms. The van der Waals surface area contributed by atoms with Crippen molar-refractivity contribution in [3.05, 3.63) is 35.1 Å². The molecule has 0 saturated heterocycles. The molecule has 0 aliphatic carbocycles. The lowest BCUT2D eigenvalue weighted by atomic mass is 10.1. The van der Waals surface area contributed by atoms with E-state index in [1.54, 1.807) is 0 Å². The summed E-state index contributed by atoms with van der Waals surface area (Å²) in [6, 6.07) is 2.00. The molecule has 1 aromatic rings. The van der Waals surface area contributed by atoms with Crippen molar-refractivity contribution in [2.75, 3.05) is 0 Å². The monoisotopic (exact) mass is 252 g/mol. The van der Waals surface area contributed by atoms with E-state index in [4.69, 9.17) is 0 Å². The second-order valence-corrected chi connectivity index (χ2v) is 3.78. The summed E-state index contributed by atoms with van der Waals surface area (Å²) in [5, 5.41) is 0. The lowest BCUT2D eigenvalue weighted by Gasteiger charge is -2.07.